The number of halogens is 1. The lowest BCUT2D eigenvalue weighted by molar-refractivity contribution is -0.118. The van der Waals surface area contributed by atoms with Crippen LogP contribution in [0.2, 0.25) is 0 Å². The second-order valence-corrected chi connectivity index (χ2v) is 7.65. The number of benzene rings is 2. The molecule has 28 heavy (non-hydrogen) atoms. The Labute approximate surface area is 168 Å². The molecule has 0 aliphatic heterocycles. The van der Waals surface area contributed by atoms with Crippen molar-refractivity contribution in [1.82, 2.24) is 20.1 Å². The molecular formula is C21H23FN4OS. The number of carbonyl (C=O) groups excluding carboxylic acids is 1. The second kappa shape index (κ2) is 9.50. The third-order valence-electron chi connectivity index (χ3n) is 4.36. The van der Waals surface area contributed by atoms with E-state index in [2.05, 4.69) is 41.5 Å². The van der Waals surface area contributed by atoms with Gasteiger partial charge in [0.1, 0.15) is 12.1 Å². The molecule has 1 aromatic heterocycles. The number of amides is 1. The van der Waals surface area contributed by atoms with E-state index in [1.54, 1.807) is 24.5 Å². The van der Waals surface area contributed by atoms with E-state index in [9.17, 15) is 9.18 Å². The molecule has 0 atom stereocenters. The van der Waals surface area contributed by atoms with Crippen LogP contribution in [0.25, 0.3) is 5.69 Å². The van der Waals surface area contributed by atoms with Crippen LogP contribution in [0.1, 0.15) is 30.9 Å². The first-order chi connectivity index (χ1) is 13.5. The van der Waals surface area contributed by atoms with Crippen molar-refractivity contribution < 1.29 is 9.18 Å². The van der Waals surface area contributed by atoms with Gasteiger partial charge in [-0.2, -0.15) is 0 Å². The number of rotatable bonds is 8. The minimum absolute atomic E-state index is 0.119. The quantitative estimate of drug-likeness (QED) is 0.583. The van der Waals surface area contributed by atoms with Crippen molar-refractivity contribution >= 4 is 17.7 Å². The molecule has 1 heterocycles. The summed E-state index contributed by atoms with van der Waals surface area (Å²) in [5, 5.41) is 11.5. The van der Waals surface area contributed by atoms with E-state index in [0.717, 1.165) is 5.69 Å². The molecule has 0 aliphatic rings. The van der Waals surface area contributed by atoms with Gasteiger partial charge in [-0.25, -0.2) is 4.39 Å². The van der Waals surface area contributed by atoms with E-state index in [4.69, 9.17) is 0 Å². The normalized spacial score (nSPS) is 11.0. The minimum Gasteiger partial charge on any atom is -0.355 e. The lowest BCUT2D eigenvalue weighted by Gasteiger charge is -2.09. The molecule has 0 aliphatic carbocycles. The largest absolute Gasteiger partial charge is 0.355 e. The molecule has 3 rings (SSSR count). The van der Waals surface area contributed by atoms with Crippen LogP contribution >= 0.6 is 11.8 Å². The topological polar surface area (TPSA) is 59.8 Å². The van der Waals surface area contributed by atoms with Gasteiger partial charge in [0.25, 0.3) is 0 Å². The number of carbonyl (C=O) groups is 1. The van der Waals surface area contributed by atoms with Crippen LogP contribution in [0.4, 0.5) is 4.39 Å². The van der Waals surface area contributed by atoms with E-state index in [-0.39, 0.29) is 17.5 Å². The standard InChI is InChI=1S/C21H23FN4OS/c1-15(2)16-7-9-18(10-8-16)26-14-24-25-21(26)28-13-20(27)23-12-11-17-5-3-4-6-19(17)22/h3-10,14-15H,11-13H2,1-2H3,(H,23,27). The molecule has 146 valence electrons. The van der Waals surface area contributed by atoms with Crippen molar-refractivity contribution in [3.63, 3.8) is 0 Å². The van der Waals surface area contributed by atoms with Crippen LogP contribution in [0.3, 0.4) is 0 Å². The molecule has 1 amide bonds. The Morgan fingerprint density at radius 2 is 1.93 bits per heavy atom. The Kier molecular flexibility index (Phi) is 6.81. The first-order valence-electron chi connectivity index (χ1n) is 9.18. The van der Waals surface area contributed by atoms with Gasteiger partial charge in [0.05, 0.1) is 5.75 Å². The van der Waals surface area contributed by atoms with Crippen LogP contribution in [0.15, 0.2) is 60.0 Å². The summed E-state index contributed by atoms with van der Waals surface area (Å²) in [7, 11) is 0. The third-order valence-corrected chi connectivity index (χ3v) is 5.30. The zero-order valence-corrected chi connectivity index (χ0v) is 16.7. The summed E-state index contributed by atoms with van der Waals surface area (Å²) in [6, 6.07) is 14.8. The van der Waals surface area contributed by atoms with Crippen LogP contribution in [-0.2, 0) is 11.2 Å². The Morgan fingerprint density at radius 1 is 1.18 bits per heavy atom. The van der Waals surface area contributed by atoms with E-state index in [1.807, 2.05) is 16.7 Å². The van der Waals surface area contributed by atoms with Crippen LogP contribution < -0.4 is 5.32 Å². The van der Waals surface area contributed by atoms with Gasteiger partial charge < -0.3 is 5.32 Å². The van der Waals surface area contributed by atoms with Crippen molar-refractivity contribution in [3.8, 4) is 5.69 Å². The summed E-state index contributed by atoms with van der Waals surface area (Å²) >= 11 is 1.32. The Morgan fingerprint density at radius 3 is 2.64 bits per heavy atom. The molecule has 2 aromatic carbocycles. The lowest BCUT2D eigenvalue weighted by Crippen LogP contribution is -2.27. The van der Waals surface area contributed by atoms with E-state index < -0.39 is 0 Å². The Bertz CT molecular complexity index is 924. The highest BCUT2D eigenvalue weighted by Gasteiger charge is 2.11. The van der Waals surface area contributed by atoms with Gasteiger partial charge in [0.15, 0.2) is 5.16 Å². The van der Waals surface area contributed by atoms with Crippen molar-refractivity contribution in [2.75, 3.05) is 12.3 Å². The van der Waals surface area contributed by atoms with E-state index in [1.165, 1.54) is 23.4 Å². The van der Waals surface area contributed by atoms with Crippen molar-refractivity contribution in [1.29, 1.82) is 0 Å². The lowest BCUT2D eigenvalue weighted by atomic mass is 10.0. The Hall–Kier alpha value is -2.67. The highest BCUT2D eigenvalue weighted by Crippen LogP contribution is 2.21. The summed E-state index contributed by atoms with van der Waals surface area (Å²) in [5.74, 6) is 0.325. The molecule has 0 spiro atoms. The van der Waals surface area contributed by atoms with Gasteiger partial charge in [0, 0.05) is 12.2 Å². The summed E-state index contributed by atoms with van der Waals surface area (Å²) in [4.78, 5) is 12.1. The van der Waals surface area contributed by atoms with Crippen LogP contribution in [0.5, 0.6) is 0 Å². The molecule has 0 saturated heterocycles. The number of hydrogen-bond acceptors (Lipinski definition) is 4. The number of hydrogen-bond donors (Lipinski definition) is 1. The van der Waals surface area contributed by atoms with Crippen LogP contribution in [-0.4, -0.2) is 33.0 Å². The fourth-order valence-corrected chi connectivity index (χ4v) is 3.50. The van der Waals surface area contributed by atoms with E-state index in [0.29, 0.717) is 29.6 Å². The molecule has 0 unspecified atom stereocenters. The maximum Gasteiger partial charge on any atom is 0.230 e. The molecule has 5 nitrogen and oxygen atoms in total. The summed E-state index contributed by atoms with van der Waals surface area (Å²) in [6.45, 7) is 4.70. The average Bonchev–Trinajstić information content (AvgIpc) is 3.16. The molecule has 0 saturated carbocycles. The maximum absolute atomic E-state index is 13.6. The number of thioether (sulfide) groups is 1. The van der Waals surface area contributed by atoms with Crippen molar-refractivity contribution in [2.24, 2.45) is 0 Å². The third kappa shape index (κ3) is 5.19. The molecule has 0 radical (unpaired) electrons. The fourth-order valence-electron chi connectivity index (χ4n) is 2.74. The van der Waals surface area contributed by atoms with Crippen molar-refractivity contribution in [2.45, 2.75) is 31.3 Å². The van der Waals surface area contributed by atoms with Crippen LogP contribution in [0, 0.1) is 5.82 Å². The molecule has 3 aromatic rings. The minimum atomic E-state index is -0.247. The van der Waals surface area contributed by atoms with Gasteiger partial charge >= 0.3 is 0 Å². The zero-order chi connectivity index (χ0) is 19.9. The van der Waals surface area contributed by atoms with Gasteiger partial charge in [0.2, 0.25) is 5.91 Å². The monoisotopic (exact) mass is 398 g/mol. The fraction of sp³-hybridized carbons (Fsp3) is 0.286. The zero-order valence-electron chi connectivity index (χ0n) is 15.9. The molecule has 1 N–H and O–H groups in total. The molecule has 0 bridgehead atoms. The number of aromatic nitrogens is 3. The highest BCUT2D eigenvalue weighted by molar-refractivity contribution is 7.99. The molecule has 0 fully saturated rings. The maximum atomic E-state index is 13.6. The Balaban J connectivity index is 1.52. The van der Waals surface area contributed by atoms with Gasteiger partial charge in [-0.05, 0) is 41.7 Å². The summed E-state index contributed by atoms with van der Waals surface area (Å²) in [5.41, 5.74) is 2.82. The first kappa shape index (κ1) is 20.1. The predicted octanol–water partition coefficient (Wildman–Crippen LogP) is 3.98. The smallest absolute Gasteiger partial charge is 0.230 e. The predicted molar refractivity (Wildman–Crippen MR) is 109 cm³/mol. The second-order valence-electron chi connectivity index (χ2n) is 6.71. The number of nitrogens with one attached hydrogen (secondary N) is 1. The average molecular weight is 399 g/mol. The highest BCUT2D eigenvalue weighted by atomic mass is 32.2. The number of nitrogens with zero attached hydrogens (tertiary/aromatic N) is 3. The van der Waals surface area contributed by atoms with Gasteiger partial charge in [-0.15, -0.1) is 10.2 Å². The SMILES string of the molecule is CC(C)c1ccc(-n2cnnc2SCC(=O)NCCc2ccccc2F)cc1. The summed E-state index contributed by atoms with van der Waals surface area (Å²) in [6.07, 6.45) is 2.10. The van der Waals surface area contributed by atoms with E-state index >= 15 is 0 Å². The molecular weight excluding hydrogens is 375 g/mol. The van der Waals surface area contributed by atoms with Gasteiger partial charge in [-0.3, -0.25) is 9.36 Å². The first-order valence-corrected chi connectivity index (χ1v) is 10.2. The molecule has 7 heteroatoms. The summed E-state index contributed by atoms with van der Waals surface area (Å²) < 4.78 is 15.5. The van der Waals surface area contributed by atoms with Crippen molar-refractivity contribution in [3.05, 3.63) is 71.8 Å². The van der Waals surface area contributed by atoms with Gasteiger partial charge in [-0.1, -0.05) is 55.9 Å².